The van der Waals surface area contributed by atoms with Crippen LogP contribution in [-0.2, 0) is 6.42 Å². The lowest BCUT2D eigenvalue weighted by Gasteiger charge is -2.26. The quantitative estimate of drug-likeness (QED) is 0.892. The molecule has 2 fully saturated rings. The van der Waals surface area contributed by atoms with Gasteiger partial charge in [-0.25, -0.2) is 0 Å². The molecule has 2 nitrogen and oxygen atoms in total. The molecule has 0 aliphatic carbocycles. The second-order valence-corrected chi connectivity index (χ2v) is 6.04. The summed E-state index contributed by atoms with van der Waals surface area (Å²) in [6, 6.07) is 9.93. The average Bonchev–Trinajstić information content (AvgIpc) is 3.01. The summed E-state index contributed by atoms with van der Waals surface area (Å²) in [5.41, 5.74) is 2.96. The topological polar surface area (TPSA) is 15.3 Å². The zero-order valence-corrected chi connectivity index (χ0v) is 11.9. The number of nitrogens with one attached hydrogen (secondary N) is 1. The molecular formula is C17H26N2. The molecule has 1 N–H and O–H groups in total. The van der Waals surface area contributed by atoms with Crippen molar-refractivity contribution in [2.24, 2.45) is 0 Å². The van der Waals surface area contributed by atoms with E-state index < -0.39 is 0 Å². The molecule has 2 aliphatic heterocycles. The minimum absolute atomic E-state index is 0.608. The van der Waals surface area contributed by atoms with Crippen LogP contribution in [0.25, 0.3) is 0 Å². The van der Waals surface area contributed by atoms with Gasteiger partial charge in [-0.2, -0.15) is 0 Å². The maximum Gasteiger partial charge on any atom is 0.0320 e. The van der Waals surface area contributed by atoms with E-state index in [2.05, 4.69) is 34.5 Å². The molecule has 0 saturated carbocycles. The Morgan fingerprint density at radius 3 is 2.47 bits per heavy atom. The fraction of sp³-hybridized carbons (Fsp3) is 0.647. The Kier molecular flexibility index (Phi) is 4.52. The van der Waals surface area contributed by atoms with Crippen LogP contribution in [0.15, 0.2) is 24.3 Å². The molecule has 1 aromatic rings. The molecule has 2 heteroatoms. The minimum atomic E-state index is 0.608. The van der Waals surface area contributed by atoms with Crippen LogP contribution in [0, 0.1) is 0 Å². The smallest absolute Gasteiger partial charge is 0.0320 e. The standard InChI is InChI=1S/C17H26N2/c1-2-12-19(13-3-1)14-10-15-6-8-16(9-7-15)17-5-4-11-18-17/h6-9,17-18H,1-5,10-14H2. The molecular weight excluding hydrogens is 232 g/mol. The Bertz CT molecular complexity index is 373. The van der Waals surface area contributed by atoms with Gasteiger partial charge in [0.15, 0.2) is 0 Å². The van der Waals surface area contributed by atoms with E-state index in [0.29, 0.717) is 6.04 Å². The normalized spacial score (nSPS) is 24.7. The summed E-state index contributed by atoms with van der Waals surface area (Å²) in [6.45, 7) is 5.04. The number of hydrogen-bond donors (Lipinski definition) is 1. The van der Waals surface area contributed by atoms with E-state index in [1.54, 1.807) is 0 Å². The number of likely N-dealkylation sites (tertiary alicyclic amines) is 1. The Balaban J connectivity index is 1.50. The number of piperidine rings is 1. The first-order valence-electron chi connectivity index (χ1n) is 7.96. The predicted octanol–water partition coefficient (Wildman–Crippen LogP) is 3.14. The molecule has 1 atom stereocenters. The van der Waals surface area contributed by atoms with Crippen molar-refractivity contribution in [2.75, 3.05) is 26.2 Å². The van der Waals surface area contributed by atoms with Crippen molar-refractivity contribution < 1.29 is 0 Å². The first-order valence-corrected chi connectivity index (χ1v) is 7.96. The number of nitrogens with zero attached hydrogens (tertiary/aromatic N) is 1. The third kappa shape index (κ3) is 3.58. The summed E-state index contributed by atoms with van der Waals surface area (Å²) in [5, 5.41) is 3.57. The van der Waals surface area contributed by atoms with Crippen molar-refractivity contribution in [1.29, 1.82) is 0 Å². The fourth-order valence-corrected chi connectivity index (χ4v) is 3.36. The van der Waals surface area contributed by atoms with E-state index in [1.807, 2.05) is 0 Å². The van der Waals surface area contributed by atoms with E-state index in [0.717, 1.165) is 0 Å². The molecule has 2 heterocycles. The van der Waals surface area contributed by atoms with Crippen molar-refractivity contribution in [2.45, 2.75) is 44.6 Å². The highest BCUT2D eigenvalue weighted by molar-refractivity contribution is 5.25. The summed E-state index contributed by atoms with van der Waals surface area (Å²) < 4.78 is 0. The first-order chi connectivity index (χ1) is 9.42. The maximum absolute atomic E-state index is 3.57. The third-order valence-electron chi connectivity index (χ3n) is 4.61. The van der Waals surface area contributed by atoms with E-state index >= 15 is 0 Å². The van der Waals surface area contributed by atoms with Crippen LogP contribution >= 0.6 is 0 Å². The molecule has 2 saturated heterocycles. The van der Waals surface area contributed by atoms with Crippen LogP contribution in [0.1, 0.15) is 49.3 Å². The molecule has 2 aliphatic rings. The van der Waals surface area contributed by atoms with E-state index in [-0.39, 0.29) is 0 Å². The number of benzene rings is 1. The van der Waals surface area contributed by atoms with Gasteiger partial charge in [0.05, 0.1) is 0 Å². The van der Waals surface area contributed by atoms with Crippen LogP contribution in [0.2, 0.25) is 0 Å². The zero-order chi connectivity index (χ0) is 12.9. The molecule has 0 aromatic heterocycles. The van der Waals surface area contributed by atoms with Crippen LogP contribution in [0.3, 0.4) is 0 Å². The molecule has 104 valence electrons. The lowest BCUT2D eigenvalue weighted by molar-refractivity contribution is 0.231. The van der Waals surface area contributed by atoms with Gasteiger partial charge in [0.2, 0.25) is 0 Å². The highest BCUT2D eigenvalue weighted by atomic mass is 15.1. The highest BCUT2D eigenvalue weighted by Crippen LogP contribution is 2.23. The summed E-state index contributed by atoms with van der Waals surface area (Å²) >= 11 is 0. The molecule has 0 spiro atoms. The van der Waals surface area contributed by atoms with Crippen molar-refractivity contribution in [1.82, 2.24) is 10.2 Å². The Hall–Kier alpha value is -0.860. The number of rotatable bonds is 4. The van der Waals surface area contributed by atoms with Crippen LogP contribution < -0.4 is 5.32 Å². The minimum Gasteiger partial charge on any atom is -0.310 e. The zero-order valence-electron chi connectivity index (χ0n) is 11.9. The van der Waals surface area contributed by atoms with Crippen molar-refractivity contribution in [3.63, 3.8) is 0 Å². The molecule has 0 bridgehead atoms. The van der Waals surface area contributed by atoms with Gasteiger partial charge in [0.25, 0.3) is 0 Å². The van der Waals surface area contributed by atoms with Gasteiger partial charge in [0.1, 0.15) is 0 Å². The van der Waals surface area contributed by atoms with Crippen molar-refractivity contribution in [3.05, 3.63) is 35.4 Å². The van der Waals surface area contributed by atoms with Gasteiger partial charge in [0, 0.05) is 12.6 Å². The van der Waals surface area contributed by atoms with E-state index in [1.165, 1.54) is 75.8 Å². The van der Waals surface area contributed by atoms with E-state index in [9.17, 15) is 0 Å². The SMILES string of the molecule is c1cc(C2CCCN2)ccc1CCN1CCCCC1. The summed E-state index contributed by atoms with van der Waals surface area (Å²) in [6.07, 6.45) is 8.05. The first kappa shape index (κ1) is 13.1. The highest BCUT2D eigenvalue weighted by Gasteiger charge is 2.15. The summed E-state index contributed by atoms with van der Waals surface area (Å²) in [4.78, 5) is 2.62. The van der Waals surface area contributed by atoms with Gasteiger partial charge in [-0.05, 0) is 62.9 Å². The molecule has 3 rings (SSSR count). The maximum atomic E-state index is 3.57. The van der Waals surface area contributed by atoms with Gasteiger partial charge in [-0.15, -0.1) is 0 Å². The van der Waals surface area contributed by atoms with Crippen molar-refractivity contribution in [3.8, 4) is 0 Å². The van der Waals surface area contributed by atoms with E-state index in [4.69, 9.17) is 0 Å². The summed E-state index contributed by atoms with van der Waals surface area (Å²) in [7, 11) is 0. The largest absolute Gasteiger partial charge is 0.310 e. The fourth-order valence-electron chi connectivity index (χ4n) is 3.36. The van der Waals surface area contributed by atoms with Crippen LogP contribution in [0.4, 0.5) is 0 Å². The van der Waals surface area contributed by atoms with Gasteiger partial charge in [-0.1, -0.05) is 30.7 Å². The Labute approximate surface area is 117 Å². The van der Waals surface area contributed by atoms with Crippen LogP contribution in [0.5, 0.6) is 0 Å². The molecule has 19 heavy (non-hydrogen) atoms. The second-order valence-electron chi connectivity index (χ2n) is 6.04. The Morgan fingerprint density at radius 2 is 1.79 bits per heavy atom. The monoisotopic (exact) mass is 258 g/mol. The van der Waals surface area contributed by atoms with Gasteiger partial charge in [-0.3, -0.25) is 0 Å². The average molecular weight is 258 g/mol. The summed E-state index contributed by atoms with van der Waals surface area (Å²) in [5.74, 6) is 0. The second kappa shape index (κ2) is 6.53. The lowest BCUT2D eigenvalue weighted by atomic mass is 10.0. The molecule has 0 radical (unpaired) electrons. The molecule has 0 amide bonds. The Morgan fingerprint density at radius 1 is 1.00 bits per heavy atom. The lowest BCUT2D eigenvalue weighted by Crippen LogP contribution is -2.31. The predicted molar refractivity (Wildman–Crippen MR) is 80.4 cm³/mol. The van der Waals surface area contributed by atoms with Crippen molar-refractivity contribution >= 4 is 0 Å². The third-order valence-corrected chi connectivity index (χ3v) is 4.61. The van der Waals surface area contributed by atoms with Gasteiger partial charge < -0.3 is 10.2 Å². The van der Waals surface area contributed by atoms with Gasteiger partial charge >= 0.3 is 0 Å². The number of hydrogen-bond acceptors (Lipinski definition) is 2. The molecule has 1 aromatic carbocycles. The molecule has 1 unspecified atom stereocenters. The van der Waals surface area contributed by atoms with Crippen LogP contribution in [-0.4, -0.2) is 31.1 Å².